The first-order valence-electron chi connectivity index (χ1n) is 7.91. The Labute approximate surface area is 136 Å². The maximum Gasteiger partial charge on any atom is 0.225 e. The van der Waals surface area contributed by atoms with Gasteiger partial charge in [0.2, 0.25) is 11.9 Å². The molecule has 1 aliphatic rings. The van der Waals surface area contributed by atoms with Crippen molar-refractivity contribution in [2.45, 2.75) is 33.7 Å². The molecule has 0 spiro atoms. The molecule has 0 aromatic carbocycles. The standard InChI is InChI=1S/C14H17FN6.C2H6/c1-10-5-16-13(17-6-10)20-3-4-21(11(2)9-20)14-18-7-12(15)8-19-14;1-2/h5-8,11H,3-4,9H2,1-2H3;1-2H3/t11-;/m1./s1. The number of anilines is 2. The summed E-state index contributed by atoms with van der Waals surface area (Å²) in [5.74, 6) is 0.888. The number of aryl methyl sites for hydroxylation is 1. The lowest BCUT2D eigenvalue weighted by molar-refractivity contribution is 0.529. The fourth-order valence-corrected chi connectivity index (χ4v) is 2.44. The number of hydrogen-bond acceptors (Lipinski definition) is 6. The van der Waals surface area contributed by atoms with Crippen LogP contribution in [-0.2, 0) is 0 Å². The first kappa shape index (κ1) is 17.1. The Kier molecular flexibility index (Phi) is 5.78. The highest BCUT2D eigenvalue weighted by molar-refractivity contribution is 5.39. The molecule has 0 unspecified atom stereocenters. The van der Waals surface area contributed by atoms with E-state index in [9.17, 15) is 4.39 Å². The van der Waals surface area contributed by atoms with E-state index >= 15 is 0 Å². The largest absolute Gasteiger partial charge is 0.337 e. The van der Waals surface area contributed by atoms with Gasteiger partial charge in [-0.1, -0.05) is 13.8 Å². The fourth-order valence-electron chi connectivity index (χ4n) is 2.44. The van der Waals surface area contributed by atoms with Crippen LogP contribution in [0.25, 0.3) is 0 Å². The first-order chi connectivity index (χ1) is 11.1. The third-order valence-electron chi connectivity index (χ3n) is 3.54. The summed E-state index contributed by atoms with van der Waals surface area (Å²) in [5, 5.41) is 0. The van der Waals surface area contributed by atoms with E-state index in [1.165, 1.54) is 12.4 Å². The van der Waals surface area contributed by atoms with Gasteiger partial charge in [-0.3, -0.25) is 0 Å². The van der Waals surface area contributed by atoms with Gasteiger partial charge in [-0.2, -0.15) is 0 Å². The number of hydrogen-bond donors (Lipinski definition) is 0. The minimum atomic E-state index is -0.418. The van der Waals surface area contributed by atoms with Gasteiger partial charge in [-0.15, -0.1) is 0 Å². The van der Waals surface area contributed by atoms with Crippen molar-refractivity contribution in [3.63, 3.8) is 0 Å². The highest BCUT2D eigenvalue weighted by Crippen LogP contribution is 2.18. The van der Waals surface area contributed by atoms with Crippen molar-refractivity contribution in [2.24, 2.45) is 0 Å². The van der Waals surface area contributed by atoms with Gasteiger partial charge in [0.05, 0.1) is 12.4 Å². The van der Waals surface area contributed by atoms with Gasteiger partial charge in [0, 0.05) is 38.1 Å². The van der Waals surface area contributed by atoms with Gasteiger partial charge in [-0.05, 0) is 19.4 Å². The van der Waals surface area contributed by atoms with Crippen molar-refractivity contribution in [1.82, 2.24) is 19.9 Å². The number of halogens is 1. The minimum absolute atomic E-state index is 0.203. The molecule has 3 heterocycles. The number of piperazine rings is 1. The van der Waals surface area contributed by atoms with Gasteiger partial charge in [-0.25, -0.2) is 24.3 Å². The van der Waals surface area contributed by atoms with Crippen LogP contribution in [0.15, 0.2) is 24.8 Å². The predicted octanol–water partition coefficient (Wildman–Crippen LogP) is 2.46. The van der Waals surface area contributed by atoms with Crippen LogP contribution in [-0.4, -0.2) is 45.6 Å². The maximum absolute atomic E-state index is 12.9. The van der Waals surface area contributed by atoms with Crippen molar-refractivity contribution >= 4 is 11.9 Å². The molecule has 6 nitrogen and oxygen atoms in total. The second kappa shape index (κ2) is 7.80. The highest BCUT2D eigenvalue weighted by atomic mass is 19.1. The summed E-state index contributed by atoms with van der Waals surface area (Å²) in [4.78, 5) is 21.0. The van der Waals surface area contributed by atoms with Crippen molar-refractivity contribution in [1.29, 1.82) is 0 Å². The molecule has 7 heteroatoms. The summed E-state index contributed by atoms with van der Waals surface area (Å²) >= 11 is 0. The lowest BCUT2D eigenvalue weighted by Crippen LogP contribution is -2.53. The molecule has 0 aliphatic carbocycles. The molecule has 3 rings (SSSR count). The minimum Gasteiger partial charge on any atom is -0.337 e. The smallest absolute Gasteiger partial charge is 0.225 e. The summed E-state index contributed by atoms with van der Waals surface area (Å²) in [6.07, 6.45) is 6.04. The normalized spacial score (nSPS) is 17.5. The van der Waals surface area contributed by atoms with E-state index in [-0.39, 0.29) is 6.04 Å². The van der Waals surface area contributed by atoms with Crippen LogP contribution < -0.4 is 9.80 Å². The Hall–Kier alpha value is -2.31. The second-order valence-electron chi connectivity index (χ2n) is 5.25. The molecule has 1 fully saturated rings. The molecular weight excluding hydrogens is 295 g/mol. The van der Waals surface area contributed by atoms with Crippen molar-refractivity contribution in [3.05, 3.63) is 36.2 Å². The van der Waals surface area contributed by atoms with E-state index in [1.807, 2.05) is 33.2 Å². The Balaban J connectivity index is 0.000000924. The molecule has 124 valence electrons. The molecule has 2 aromatic rings. The number of rotatable bonds is 2. The number of nitrogens with zero attached hydrogens (tertiary/aromatic N) is 6. The summed E-state index contributed by atoms with van der Waals surface area (Å²) in [5.41, 5.74) is 1.05. The molecule has 0 amide bonds. The topological polar surface area (TPSA) is 58.0 Å². The molecule has 0 bridgehead atoms. The molecule has 1 atom stereocenters. The van der Waals surface area contributed by atoms with Crippen LogP contribution in [0.1, 0.15) is 26.3 Å². The van der Waals surface area contributed by atoms with Crippen LogP contribution in [0.5, 0.6) is 0 Å². The van der Waals surface area contributed by atoms with E-state index in [2.05, 4.69) is 36.7 Å². The van der Waals surface area contributed by atoms with E-state index < -0.39 is 5.82 Å². The van der Waals surface area contributed by atoms with E-state index in [1.54, 1.807) is 0 Å². The summed E-state index contributed by atoms with van der Waals surface area (Å²) < 4.78 is 12.9. The zero-order valence-corrected chi connectivity index (χ0v) is 14.1. The van der Waals surface area contributed by atoms with Crippen molar-refractivity contribution < 1.29 is 4.39 Å². The quantitative estimate of drug-likeness (QED) is 0.848. The Morgan fingerprint density at radius 1 is 0.957 bits per heavy atom. The molecule has 0 N–H and O–H groups in total. The SMILES string of the molecule is CC.Cc1cnc(N2CCN(c3ncc(F)cn3)[C@H](C)C2)nc1. The lowest BCUT2D eigenvalue weighted by Gasteiger charge is -2.39. The average molecular weight is 318 g/mol. The molecule has 0 saturated carbocycles. The number of aromatic nitrogens is 4. The maximum atomic E-state index is 12.9. The zero-order chi connectivity index (χ0) is 16.8. The summed E-state index contributed by atoms with van der Waals surface area (Å²) in [6.45, 7) is 10.4. The third-order valence-corrected chi connectivity index (χ3v) is 3.54. The van der Waals surface area contributed by atoms with E-state index in [0.29, 0.717) is 5.95 Å². The van der Waals surface area contributed by atoms with Crippen molar-refractivity contribution in [3.8, 4) is 0 Å². The molecule has 2 aromatic heterocycles. The van der Waals surface area contributed by atoms with Crippen LogP contribution in [0.2, 0.25) is 0 Å². The second-order valence-corrected chi connectivity index (χ2v) is 5.25. The summed E-state index contributed by atoms with van der Waals surface area (Å²) in [6, 6.07) is 0.203. The van der Waals surface area contributed by atoms with Crippen LogP contribution in [0.3, 0.4) is 0 Å². The molecule has 23 heavy (non-hydrogen) atoms. The highest BCUT2D eigenvalue weighted by Gasteiger charge is 2.26. The predicted molar refractivity (Wildman–Crippen MR) is 89.1 cm³/mol. The van der Waals surface area contributed by atoms with Crippen LogP contribution >= 0.6 is 0 Å². The van der Waals surface area contributed by atoms with Crippen molar-refractivity contribution in [2.75, 3.05) is 29.4 Å². The van der Waals surface area contributed by atoms with E-state index in [0.717, 1.165) is 31.1 Å². The zero-order valence-electron chi connectivity index (χ0n) is 14.1. The molecule has 1 saturated heterocycles. The lowest BCUT2D eigenvalue weighted by atomic mass is 10.2. The first-order valence-corrected chi connectivity index (χ1v) is 7.91. The Morgan fingerprint density at radius 3 is 2.09 bits per heavy atom. The molecular formula is C16H23FN6. The monoisotopic (exact) mass is 318 g/mol. The van der Waals surface area contributed by atoms with Gasteiger partial charge in [0.15, 0.2) is 5.82 Å². The van der Waals surface area contributed by atoms with Gasteiger partial charge >= 0.3 is 0 Å². The molecule has 0 radical (unpaired) electrons. The summed E-state index contributed by atoms with van der Waals surface area (Å²) in [7, 11) is 0. The van der Waals surface area contributed by atoms with Gasteiger partial charge < -0.3 is 9.80 Å². The molecule has 1 aliphatic heterocycles. The third kappa shape index (κ3) is 4.12. The average Bonchev–Trinajstić information content (AvgIpc) is 2.58. The Morgan fingerprint density at radius 2 is 1.52 bits per heavy atom. The van der Waals surface area contributed by atoms with E-state index in [4.69, 9.17) is 0 Å². The Bertz CT molecular complexity index is 601. The van der Waals surface area contributed by atoms with Gasteiger partial charge in [0.1, 0.15) is 0 Å². The van der Waals surface area contributed by atoms with Gasteiger partial charge in [0.25, 0.3) is 0 Å². The van der Waals surface area contributed by atoms with Crippen LogP contribution in [0, 0.1) is 12.7 Å². The fraction of sp³-hybridized carbons (Fsp3) is 0.500. The van der Waals surface area contributed by atoms with Crippen LogP contribution in [0.4, 0.5) is 16.3 Å².